The lowest BCUT2D eigenvalue weighted by Crippen LogP contribution is -2.13. The summed E-state index contributed by atoms with van der Waals surface area (Å²) in [5.41, 5.74) is 3.07. The molecular formula is C20H25NO3. The fourth-order valence-corrected chi connectivity index (χ4v) is 2.38. The normalized spacial score (nSPS) is 10.3. The fourth-order valence-electron chi connectivity index (χ4n) is 2.38. The van der Waals surface area contributed by atoms with Gasteiger partial charge in [0.15, 0.2) is 0 Å². The van der Waals surface area contributed by atoms with Gasteiger partial charge >= 0.3 is 0 Å². The van der Waals surface area contributed by atoms with Crippen LogP contribution in [0.25, 0.3) is 0 Å². The second-order valence-electron chi connectivity index (χ2n) is 5.70. The van der Waals surface area contributed by atoms with Crippen molar-refractivity contribution in [3.8, 4) is 11.5 Å². The lowest BCUT2D eigenvalue weighted by atomic mass is 10.2. The minimum atomic E-state index is -0.0381. The van der Waals surface area contributed by atoms with Gasteiger partial charge < -0.3 is 14.8 Å². The topological polar surface area (TPSA) is 47.6 Å². The third kappa shape index (κ3) is 5.30. The molecule has 0 aliphatic rings. The molecule has 0 radical (unpaired) electrons. The van der Waals surface area contributed by atoms with Crippen molar-refractivity contribution < 1.29 is 14.3 Å². The van der Waals surface area contributed by atoms with Gasteiger partial charge in [-0.05, 0) is 55.2 Å². The maximum absolute atomic E-state index is 12.1. The molecule has 2 aromatic carbocycles. The molecule has 0 aliphatic heterocycles. The molecule has 0 aromatic heterocycles. The Labute approximate surface area is 143 Å². The first-order valence-electron chi connectivity index (χ1n) is 8.28. The summed E-state index contributed by atoms with van der Waals surface area (Å²) in [6.45, 7) is 4.62. The van der Waals surface area contributed by atoms with Crippen LogP contribution in [0.5, 0.6) is 11.5 Å². The van der Waals surface area contributed by atoms with Crippen molar-refractivity contribution in [1.29, 1.82) is 0 Å². The molecule has 0 spiro atoms. The van der Waals surface area contributed by atoms with Crippen LogP contribution in [0, 0.1) is 6.92 Å². The minimum Gasteiger partial charge on any atom is -0.495 e. The molecule has 0 bridgehead atoms. The van der Waals surface area contributed by atoms with E-state index in [-0.39, 0.29) is 5.91 Å². The summed E-state index contributed by atoms with van der Waals surface area (Å²) in [6.07, 6.45) is 2.09. The highest BCUT2D eigenvalue weighted by atomic mass is 16.5. The molecule has 128 valence electrons. The van der Waals surface area contributed by atoms with Crippen molar-refractivity contribution in [3.63, 3.8) is 0 Å². The summed E-state index contributed by atoms with van der Waals surface area (Å²) in [5, 5.41) is 2.90. The minimum absolute atomic E-state index is 0.0381. The summed E-state index contributed by atoms with van der Waals surface area (Å²) in [4.78, 5) is 12.1. The Morgan fingerprint density at radius 3 is 2.54 bits per heavy atom. The first-order chi connectivity index (χ1) is 11.6. The Bertz CT molecular complexity index is 665. The van der Waals surface area contributed by atoms with E-state index in [9.17, 15) is 4.79 Å². The second-order valence-corrected chi connectivity index (χ2v) is 5.70. The number of aryl methyl sites for hydroxylation is 2. The number of rotatable bonds is 8. The van der Waals surface area contributed by atoms with Gasteiger partial charge in [0, 0.05) is 6.42 Å². The molecule has 4 nitrogen and oxygen atoms in total. The number of anilines is 1. The average molecular weight is 327 g/mol. The molecule has 0 fully saturated rings. The maximum Gasteiger partial charge on any atom is 0.224 e. The first-order valence-corrected chi connectivity index (χ1v) is 8.28. The van der Waals surface area contributed by atoms with Crippen LogP contribution < -0.4 is 14.8 Å². The molecule has 0 saturated heterocycles. The molecule has 0 aliphatic carbocycles. The number of methoxy groups -OCH3 is 1. The predicted octanol–water partition coefficient (Wildman–Crippen LogP) is 4.36. The van der Waals surface area contributed by atoms with E-state index in [0.717, 1.165) is 17.7 Å². The number of carbonyl (C=O) groups excluding carboxylic acids is 1. The highest BCUT2D eigenvalue weighted by Crippen LogP contribution is 2.25. The van der Waals surface area contributed by atoms with Gasteiger partial charge in [-0.2, -0.15) is 0 Å². The van der Waals surface area contributed by atoms with Gasteiger partial charge in [-0.3, -0.25) is 4.79 Å². The smallest absolute Gasteiger partial charge is 0.224 e. The quantitative estimate of drug-likeness (QED) is 0.733. The molecular weight excluding hydrogens is 302 g/mol. The Morgan fingerprint density at radius 1 is 1.12 bits per heavy atom. The highest BCUT2D eigenvalue weighted by Gasteiger charge is 2.08. The van der Waals surface area contributed by atoms with Crippen LogP contribution in [0.4, 0.5) is 5.69 Å². The average Bonchev–Trinajstić information content (AvgIpc) is 2.59. The molecule has 0 saturated carbocycles. The van der Waals surface area contributed by atoms with E-state index in [2.05, 4.69) is 24.4 Å². The van der Waals surface area contributed by atoms with Crippen molar-refractivity contribution >= 4 is 11.6 Å². The molecule has 1 N–H and O–H groups in total. The summed E-state index contributed by atoms with van der Waals surface area (Å²) in [6, 6.07) is 13.8. The zero-order valence-corrected chi connectivity index (χ0v) is 14.6. The largest absolute Gasteiger partial charge is 0.495 e. The molecule has 2 rings (SSSR count). The van der Waals surface area contributed by atoms with E-state index in [1.807, 2.05) is 37.3 Å². The van der Waals surface area contributed by atoms with Crippen molar-refractivity contribution in [1.82, 2.24) is 0 Å². The summed E-state index contributed by atoms with van der Waals surface area (Å²) < 4.78 is 10.9. The number of hydrogen-bond donors (Lipinski definition) is 1. The third-order valence-corrected chi connectivity index (χ3v) is 3.78. The van der Waals surface area contributed by atoms with Crippen LogP contribution in [0.3, 0.4) is 0 Å². The van der Waals surface area contributed by atoms with Gasteiger partial charge in [-0.1, -0.05) is 25.1 Å². The zero-order chi connectivity index (χ0) is 17.4. The zero-order valence-electron chi connectivity index (χ0n) is 14.6. The fraction of sp³-hybridized carbons (Fsp3) is 0.350. The molecule has 4 heteroatoms. The standard InChI is InChI=1S/C20H25NO3/c1-4-16-8-10-17(11-9-16)24-13-5-6-20(22)21-18-14-15(2)7-12-19(18)23-3/h7-12,14H,4-6,13H2,1-3H3,(H,21,22). The van der Waals surface area contributed by atoms with Gasteiger partial charge in [0.05, 0.1) is 19.4 Å². The van der Waals surface area contributed by atoms with Crippen LogP contribution in [-0.2, 0) is 11.2 Å². The maximum atomic E-state index is 12.1. The number of benzene rings is 2. The summed E-state index contributed by atoms with van der Waals surface area (Å²) in [7, 11) is 1.60. The van der Waals surface area contributed by atoms with Crippen molar-refractivity contribution in [2.24, 2.45) is 0 Å². The predicted molar refractivity (Wildman–Crippen MR) is 96.9 cm³/mol. The van der Waals surface area contributed by atoms with E-state index >= 15 is 0 Å². The number of ether oxygens (including phenoxy) is 2. The van der Waals surface area contributed by atoms with Crippen LogP contribution in [0.15, 0.2) is 42.5 Å². The Kier molecular flexibility index (Phi) is 6.67. The van der Waals surface area contributed by atoms with Gasteiger partial charge in [-0.25, -0.2) is 0 Å². The summed E-state index contributed by atoms with van der Waals surface area (Å²) in [5.74, 6) is 1.47. The molecule has 1 amide bonds. The lowest BCUT2D eigenvalue weighted by molar-refractivity contribution is -0.116. The molecule has 0 atom stereocenters. The monoisotopic (exact) mass is 327 g/mol. The van der Waals surface area contributed by atoms with Crippen molar-refractivity contribution in [2.45, 2.75) is 33.1 Å². The highest BCUT2D eigenvalue weighted by molar-refractivity contribution is 5.92. The van der Waals surface area contributed by atoms with Gasteiger partial charge in [0.25, 0.3) is 0 Å². The number of nitrogens with one attached hydrogen (secondary N) is 1. The molecule has 24 heavy (non-hydrogen) atoms. The van der Waals surface area contributed by atoms with Gasteiger partial charge in [-0.15, -0.1) is 0 Å². The van der Waals surface area contributed by atoms with E-state index in [4.69, 9.17) is 9.47 Å². The van der Waals surface area contributed by atoms with E-state index in [1.165, 1.54) is 5.56 Å². The number of amides is 1. The second kappa shape index (κ2) is 8.96. The van der Waals surface area contributed by atoms with Crippen molar-refractivity contribution in [3.05, 3.63) is 53.6 Å². The van der Waals surface area contributed by atoms with Gasteiger partial charge in [0.1, 0.15) is 11.5 Å². The van der Waals surface area contributed by atoms with Crippen LogP contribution in [0.2, 0.25) is 0 Å². The van der Waals surface area contributed by atoms with E-state index in [0.29, 0.717) is 30.9 Å². The molecule has 0 heterocycles. The first kappa shape index (κ1) is 17.9. The van der Waals surface area contributed by atoms with Crippen molar-refractivity contribution in [2.75, 3.05) is 19.0 Å². The Hall–Kier alpha value is -2.49. The van der Waals surface area contributed by atoms with Gasteiger partial charge in [0.2, 0.25) is 5.91 Å². The van der Waals surface area contributed by atoms with E-state index in [1.54, 1.807) is 7.11 Å². The van der Waals surface area contributed by atoms with Crippen LogP contribution in [-0.4, -0.2) is 19.6 Å². The number of carbonyl (C=O) groups is 1. The Balaban J connectivity index is 1.76. The Morgan fingerprint density at radius 2 is 1.88 bits per heavy atom. The van der Waals surface area contributed by atoms with E-state index < -0.39 is 0 Å². The third-order valence-electron chi connectivity index (χ3n) is 3.78. The number of hydrogen-bond acceptors (Lipinski definition) is 3. The SMILES string of the molecule is CCc1ccc(OCCCC(=O)Nc2cc(C)ccc2OC)cc1. The lowest BCUT2D eigenvalue weighted by Gasteiger charge is -2.11. The molecule has 0 unspecified atom stereocenters. The molecule has 2 aromatic rings. The summed E-state index contributed by atoms with van der Waals surface area (Å²) >= 11 is 0. The van der Waals surface area contributed by atoms with Crippen LogP contribution in [0.1, 0.15) is 30.9 Å². The van der Waals surface area contributed by atoms with Crippen LogP contribution >= 0.6 is 0 Å².